The van der Waals surface area contributed by atoms with E-state index in [0.29, 0.717) is 12.1 Å². The fraction of sp³-hybridized carbons (Fsp3) is 0.217. The third-order valence-electron chi connectivity index (χ3n) is 5.18. The summed E-state index contributed by atoms with van der Waals surface area (Å²) in [5.74, 6) is -0.0752. The maximum Gasteiger partial charge on any atom is 0.252 e. The Hall–Kier alpha value is -2.86. The number of carbonyl (C=O) groups is 1. The van der Waals surface area contributed by atoms with Crippen LogP contribution in [-0.2, 0) is 6.54 Å². The summed E-state index contributed by atoms with van der Waals surface area (Å²) < 4.78 is 0.804. The first-order valence-electron chi connectivity index (χ1n) is 9.72. The second-order valence-corrected chi connectivity index (χ2v) is 7.86. The van der Waals surface area contributed by atoms with Crippen LogP contribution in [0.4, 0.5) is 11.4 Å². The lowest BCUT2D eigenvalue weighted by molar-refractivity contribution is 0.0950. The fourth-order valence-corrected chi connectivity index (χ4v) is 3.99. The molecule has 29 heavy (non-hydrogen) atoms. The Kier molecular flexibility index (Phi) is 6.10. The summed E-state index contributed by atoms with van der Waals surface area (Å²) in [7, 11) is 0. The van der Waals surface area contributed by atoms with Crippen molar-refractivity contribution >= 4 is 33.2 Å². The average Bonchev–Trinajstić information content (AvgIpc) is 2.79. The molecule has 0 aliphatic carbocycles. The number of benzene rings is 2. The second-order valence-electron chi connectivity index (χ2n) is 7.01. The van der Waals surface area contributed by atoms with E-state index in [1.807, 2.05) is 36.7 Å². The number of aromatic nitrogens is 1. The van der Waals surface area contributed by atoms with Gasteiger partial charge in [0.25, 0.3) is 5.91 Å². The van der Waals surface area contributed by atoms with Crippen molar-refractivity contribution in [2.75, 3.05) is 36.0 Å². The molecule has 1 saturated heterocycles. The highest BCUT2D eigenvalue weighted by Crippen LogP contribution is 2.21. The largest absolute Gasteiger partial charge is 0.368 e. The molecule has 6 heteroatoms. The minimum atomic E-state index is -0.0752. The van der Waals surface area contributed by atoms with Crippen molar-refractivity contribution in [1.82, 2.24) is 10.3 Å². The number of amides is 1. The van der Waals surface area contributed by atoms with Gasteiger partial charge >= 0.3 is 0 Å². The molecular weight excluding hydrogens is 428 g/mol. The zero-order valence-electron chi connectivity index (χ0n) is 16.1. The van der Waals surface area contributed by atoms with Crippen LogP contribution in [0.5, 0.6) is 0 Å². The monoisotopic (exact) mass is 450 g/mol. The van der Waals surface area contributed by atoms with Crippen molar-refractivity contribution in [2.24, 2.45) is 0 Å². The molecule has 1 aliphatic rings. The molecule has 1 fully saturated rings. The van der Waals surface area contributed by atoms with Gasteiger partial charge < -0.3 is 15.1 Å². The van der Waals surface area contributed by atoms with Crippen LogP contribution in [-0.4, -0.2) is 37.1 Å². The summed E-state index contributed by atoms with van der Waals surface area (Å²) in [6.07, 6.45) is 3.69. The summed E-state index contributed by atoms with van der Waals surface area (Å²) in [5, 5.41) is 2.98. The molecule has 1 aromatic heterocycles. The quantitative estimate of drug-likeness (QED) is 0.635. The van der Waals surface area contributed by atoms with E-state index in [1.54, 1.807) is 0 Å². The summed E-state index contributed by atoms with van der Waals surface area (Å²) in [6, 6.07) is 20.0. The normalized spacial score (nSPS) is 14.0. The van der Waals surface area contributed by atoms with Gasteiger partial charge in [-0.15, -0.1) is 0 Å². The van der Waals surface area contributed by atoms with Crippen molar-refractivity contribution in [3.8, 4) is 0 Å². The summed E-state index contributed by atoms with van der Waals surface area (Å²) >= 11 is 3.42. The van der Waals surface area contributed by atoms with E-state index < -0.39 is 0 Å². The Bertz CT molecular complexity index is 954. The molecular formula is C23H23BrN4O. The number of anilines is 2. The van der Waals surface area contributed by atoms with Crippen molar-refractivity contribution < 1.29 is 4.79 Å². The van der Waals surface area contributed by atoms with E-state index in [9.17, 15) is 4.79 Å². The van der Waals surface area contributed by atoms with Crippen molar-refractivity contribution in [3.63, 3.8) is 0 Å². The van der Waals surface area contributed by atoms with E-state index in [-0.39, 0.29) is 5.91 Å². The smallest absolute Gasteiger partial charge is 0.252 e. The van der Waals surface area contributed by atoms with Crippen LogP contribution < -0.4 is 15.1 Å². The Balaban J connectivity index is 1.31. The van der Waals surface area contributed by atoms with E-state index >= 15 is 0 Å². The average molecular weight is 451 g/mol. The van der Waals surface area contributed by atoms with Crippen molar-refractivity contribution in [1.29, 1.82) is 0 Å². The van der Waals surface area contributed by atoms with Gasteiger partial charge in [-0.1, -0.05) is 24.3 Å². The molecule has 0 saturated carbocycles. The third-order valence-corrected chi connectivity index (χ3v) is 5.87. The number of carbonyl (C=O) groups excluding carboxylic acids is 1. The van der Waals surface area contributed by atoms with Gasteiger partial charge in [-0.25, -0.2) is 0 Å². The van der Waals surface area contributed by atoms with Crippen LogP contribution >= 0.6 is 15.9 Å². The number of halogens is 1. The van der Waals surface area contributed by atoms with Crippen molar-refractivity contribution in [3.05, 3.63) is 88.7 Å². The number of nitrogens with one attached hydrogen (secondary N) is 1. The molecule has 148 valence electrons. The first-order chi connectivity index (χ1) is 14.2. The Morgan fingerprint density at radius 3 is 2.07 bits per heavy atom. The molecule has 1 aliphatic heterocycles. The zero-order valence-corrected chi connectivity index (χ0v) is 17.7. The molecule has 2 aromatic carbocycles. The predicted molar refractivity (Wildman–Crippen MR) is 120 cm³/mol. The Morgan fingerprint density at radius 1 is 0.862 bits per heavy atom. The second kappa shape index (κ2) is 9.09. The molecule has 0 bridgehead atoms. The highest BCUT2D eigenvalue weighted by Gasteiger charge is 2.17. The molecule has 5 nitrogen and oxygen atoms in total. The lowest BCUT2D eigenvalue weighted by Gasteiger charge is -2.37. The minimum absolute atomic E-state index is 0.0752. The lowest BCUT2D eigenvalue weighted by Crippen LogP contribution is -2.46. The topological polar surface area (TPSA) is 48.5 Å². The minimum Gasteiger partial charge on any atom is -0.368 e. The standard InChI is InChI=1S/C23H23BrN4O/c24-22-4-2-1-3-21(22)23(29)26-17-18-5-7-19(8-6-18)27-13-15-28(16-14-27)20-9-11-25-12-10-20/h1-12H,13-17H2,(H,26,29). The summed E-state index contributed by atoms with van der Waals surface area (Å²) in [5.41, 5.74) is 4.19. The number of pyridine rings is 1. The molecule has 2 heterocycles. The van der Waals surface area contributed by atoms with Crippen LogP contribution in [0.25, 0.3) is 0 Å². The maximum absolute atomic E-state index is 12.3. The molecule has 0 radical (unpaired) electrons. The van der Waals surface area contributed by atoms with Gasteiger partial charge in [0.1, 0.15) is 0 Å². The van der Waals surface area contributed by atoms with Crippen LogP contribution in [0, 0.1) is 0 Å². The Morgan fingerprint density at radius 2 is 1.45 bits per heavy atom. The van der Waals surface area contributed by atoms with Gasteiger partial charge in [0.05, 0.1) is 5.56 Å². The van der Waals surface area contributed by atoms with Gasteiger partial charge in [0.2, 0.25) is 0 Å². The van der Waals surface area contributed by atoms with E-state index in [2.05, 4.69) is 72.4 Å². The van der Waals surface area contributed by atoms with Crippen molar-refractivity contribution in [2.45, 2.75) is 6.54 Å². The zero-order chi connectivity index (χ0) is 20.1. The SMILES string of the molecule is O=C(NCc1ccc(N2CCN(c3ccncc3)CC2)cc1)c1ccccc1Br. The Labute approximate surface area is 179 Å². The third kappa shape index (κ3) is 4.77. The maximum atomic E-state index is 12.3. The van der Waals surface area contributed by atoms with Gasteiger partial charge in [0, 0.05) is 61.0 Å². The van der Waals surface area contributed by atoms with E-state index in [1.165, 1.54) is 11.4 Å². The first-order valence-corrected chi connectivity index (χ1v) is 10.5. The number of hydrogen-bond acceptors (Lipinski definition) is 4. The molecule has 4 rings (SSSR count). The number of rotatable bonds is 5. The highest BCUT2D eigenvalue weighted by molar-refractivity contribution is 9.10. The number of hydrogen-bond donors (Lipinski definition) is 1. The number of piperazine rings is 1. The van der Waals surface area contributed by atoms with Crippen LogP contribution in [0.15, 0.2) is 77.5 Å². The van der Waals surface area contributed by atoms with E-state index in [0.717, 1.165) is 36.2 Å². The molecule has 1 N–H and O–H groups in total. The van der Waals surface area contributed by atoms with Crippen LogP contribution in [0.1, 0.15) is 15.9 Å². The summed E-state index contributed by atoms with van der Waals surface area (Å²) in [6.45, 7) is 4.47. The molecule has 3 aromatic rings. The lowest BCUT2D eigenvalue weighted by atomic mass is 10.1. The molecule has 0 unspecified atom stereocenters. The highest BCUT2D eigenvalue weighted by atomic mass is 79.9. The molecule has 0 atom stereocenters. The van der Waals surface area contributed by atoms with Gasteiger partial charge in [-0.2, -0.15) is 0 Å². The molecule has 1 amide bonds. The van der Waals surface area contributed by atoms with Crippen LogP contribution in [0.2, 0.25) is 0 Å². The van der Waals surface area contributed by atoms with Gasteiger partial charge in [-0.3, -0.25) is 9.78 Å². The van der Waals surface area contributed by atoms with E-state index in [4.69, 9.17) is 0 Å². The molecule has 0 spiro atoms. The summed E-state index contributed by atoms with van der Waals surface area (Å²) in [4.78, 5) is 21.2. The van der Waals surface area contributed by atoms with Gasteiger partial charge in [0.15, 0.2) is 0 Å². The first kappa shape index (κ1) is 19.5. The predicted octanol–water partition coefficient (Wildman–Crippen LogP) is 4.10. The fourth-order valence-electron chi connectivity index (χ4n) is 3.53. The number of nitrogens with zero attached hydrogens (tertiary/aromatic N) is 3. The van der Waals surface area contributed by atoms with Crippen LogP contribution in [0.3, 0.4) is 0 Å². The van der Waals surface area contributed by atoms with Gasteiger partial charge in [-0.05, 0) is 57.9 Å².